The highest BCUT2D eigenvalue weighted by Gasteiger charge is 2.31. The van der Waals surface area contributed by atoms with Crippen molar-refractivity contribution in [1.82, 2.24) is 15.1 Å². The van der Waals surface area contributed by atoms with Crippen LogP contribution in [0, 0.1) is 0 Å². The topological polar surface area (TPSA) is 55.8 Å². The normalized spacial score (nSPS) is 28.1. The Balaban J connectivity index is 1.79. The summed E-state index contributed by atoms with van der Waals surface area (Å²) in [5, 5.41) is 12.4. The minimum absolute atomic E-state index is 0.152. The van der Waals surface area contributed by atoms with E-state index in [2.05, 4.69) is 22.0 Å². The Bertz CT molecular complexity index is 311. The average molecular weight is 283 g/mol. The van der Waals surface area contributed by atoms with Crippen molar-refractivity contribution < 1.29 is 9.90 Å². The minimum Gasteiger partial charge on any atom is -0.395 e. The van der Waals surface area contributed by atoms with Crippen LogP contribution in [0.4, 0.5) is 0 Å². The molecule has 0 aromatic rings. The number of carbonyl (C=O) groups excluding carboxylic acids is 1. The van der Waals surface area contributed by atoms with E-state index >= 15 is 0 Å². The Morgan fingerprint density at radius 1 is 1.20 bits per heavy atom. The third-order valence-electron chi connectivity index (χ3n) is 4.57. The lowest BCUT2D eigenvalue weighted by atomic mass is 10.2. The van der Waals surface area contributed by atoms with Crippen LogP contribution in [0.1, 0.15) is 39.0 Å². The number of amides is 1. The first-order valence-corrected chi connectivity index (χ1v) is 8.10. The first-order valence-electron chi connectivity index (χ1n) is 8.10. The molecule has 2 aliphatic heterocycles. The molecule has 1 amide bonds. The molecule has 0 radical (unpaired) electrons. The van der Waals surface area contributed by atoms with Crippen LogP contribution in [0.25, 0.3) is 0 Å². The van der Waals surface area contributed by atoms with Gasteiger partial charge in [0.05, 0.1) is 13.2 Å². The monoisotopic (exact) mass is 283 g/mol. The third-order valence-corrected chi connectivity index (χ3v) is 4.57. The van der Waals surface area contributed by atoms with Gasteiger partial charge in [-0.05, 0) is 45.2 Å². The molecule has 2 rings (SSSR count). The van der Waals surface area contributed by atoms with Gasteiger partial charge in [0.1, 0.15) is 0 Å². The second-order valence-corrected chi connectivity index (χ2v) is 6.09. The predicted molar refractivity (Wildman–Crippen MR) is 79.6 cm³/mol. The van der Waals surface area contributed by atoms with Gasteiger partial charge in [-0.3, -0.25) is 14.6 Å². The summed E-state index contributed by atoms with van der Waals surface area (Å²) in [4.78, 5) is 16.6. The summed E-state index contributed by atoms with van der Waals surface area (Å²) in [6, 6.07) is 0.820. The Labute approximate surface area is 122 Å². The summed E-state index contributed by atoms with van der Waals surface area (Å²) in [7, 11) is 0. The summed E-state index contributed by atoms with van der Waals surface area (Å²) in [6.07, 6.45) is 5.65. The van der Waals surface area contributed by atoms with Gasteiger partial charge in [0, 0.05) is 25.2 Å². The molecule has 2 saturated heterocycles. The van der Waals surface area contributed by atoms with Crippen molar-refractivity contribution in [3.63, 3.8) is 0 Å². The molecule has 0 saturated carbocycles. The number of carbonyl (C=O) groups is 1. The van der Waals surface area contributed by atoms with Crippen LogP contribution in [0.3, 0.4) is 0 Å². The lowest BCUT2D eigenvalue weighted by molar-refractivity contribution is -0.122. The molecule has 0 aromatic heterocycles. The number of aliphatic hydroxyl groups excluding tert-OH is 1. The van der Waals surface area contributed by atoms with Gasteiger partial charge in [0.25, 0.3) is 0 Å². The average Bonchev–Trinajstić information content (AvgIpc) is 3.07. The van der Waals surface area contributed by atoms with Crippen molar-refractivity contribution >= 4 is 5.91 Å². The van der Waals surface area contributed by atoms with Crippen LogP contribution < -0.4 is 5.32 Å². The van der Waals surface area contributed by atoms with Crippen LogP contribution in [0.15, 0.2) is 0 Å². The number of nitrogens with zero attached hydrogens (tertiary/aromatic N) is 2. The summed E-state index contributed by atoms with van der Waals surface area (Å²) in [5.74, 6) is 0.152. The maximum atomic E-state index is 11.9. The van der Waals surface area contributed by atoms with Gasteiger partial charge < -0.3 is 10.4 Å². The van der Waals surface area contributed by atoms with E-state index in [4.69, 9.17) is 0 Å². The molecule has 20 heavy (non-hydrogen) atoms. The van der Waals surface area contributed by atoms with E-state index in [1.165, 1.54) is 19.3 Å². The molecule has 2 fully saturated rings. The zero-order chi connectivity index (χ0) is 14.4. The van der Waals surface area contributed by atoms with E-state index in [1.54, 1.807) is 0 Å². The van der Waals surface area contributed by atoms with Crippen LogP contribution in [0.2, 0.25) is 0 Å². The molecule has 0 aromatic carbocycles. The molecule has 116 valence electrons. The molecular weight excluding hydrogens is 254 g/mol. The van der Waals surface area contributed by atoms with Gasteiger partial charge in [-0.25, -0.2) is 0 Å². The predicted octanol–water partition coefficient (Wildman–Crippen LogP) is 0.434. The maximum absolute atomic E-state index is 11.9. The van der Waals surface area contributed by atoms with Gasteiger partial charge in [-0.2, -0.15) is 0 Å². The second-order valence-electron chi connectivity index (χ2n) is 6.09. The number of hydrogen-bond donors (Lipinski definition) is 2. The lowest BCUT2D eigenvalue weighted by Gasteiger charge is -2.30. The van der Waals surface area contributed by atoms with Gasteiger partial charge in [-0.15, -0.1) is 0 Å². The molecule has 0 spiro atoms. The van der Waals surface area contributed by atoms with Crippen molar-refractivity contribution in [3.8, 4) is 0 Å². The molecule has 0 bridgehead atoms. The Kier molecular flexibility index (Phi) is 6.26. The lowest BCUT2D eigenvalue weighted by Crippen LogP contribution is -2.46. The second kappa shape index (κ2) is 7.96. The SMILES string of the molecule is CCCNC(=O)CN1CCCC1CN1CCCC1CO. The highest BCUT2D eigenvalue weighted by molar-refractivity contribution is 5.78. The molecule has 2 atom stereocenters. The highest BCUT2D eigenvalue weighted by atomic mass is 16.3. The summed E-state index contributed by atoms with van der Waals surface area (Å²) in [5.41, 5.74) is 0. The highest BCUT2D eigenvalue weighted by Crippen LogP contribution is 2.23. The standard InChI is InChI=1S/C15H29N3O2/c1-2-7-16-15(20)11-18-9-3-5-13(18)10-17-8-4-6-14(17)12-19/h13-14,19H,2-12H2,1H3,(H,16,20). The van der Waals surface area contributed by atoms with Crippen molar-refractivity contribution in [3.05, 3.63) is 0 Å². The number of likely N-dealkylation sites (tertiary alicyclic amines) is 2. The summed E-state index contributed by atoms with van der Waals surface area (Å²) in [6.45, 7) is 6.77. The first-order chi connectivity index (χ1) is 9.74. The van der Waals surface area contributed by atoms with Gasteiger partial charge >= 0.3 is 0 Å². The van der Waals surface area contributed by atoms with Crippen LogP contribution >= 0.6 is 0 Å². The van der Waals surface area contributed by atoms with E-state index in [0.29, 0.717) is 18.6 Å². The largest absolute Gasteiger partial charge is 0.395 e. The van der Waals surface area contributed by atoms with Gasteiger partial charge in [0.15, 0.2) is 0 Å². The van der Waals surface area contributed by atoms with Gasteiger partial charge in [0.2, 0.25) is 5.91 Å². The number of rotatable bonds is 7. The van der Waals surface area contributed by atoms with E-state index in [-0.39, 0.29) is 12.5 Å². The van der Waals surface area contributed by atoms with Crippen LogP contribution in [-0.4, -0.2) is 72.2 Å². The van der Waals surface area contributed by atoms with Gasteiger partial charge in [-0.1, -0.05) is 6.92 Å². The fourth-order valence-corrected chi connectivity index (χ4v) is 3.43. The fourth-order valence-electron chi connectivity index (χ4n) is 3.43. The van der Waals surface area contributed by atoms with Crippen molar-refractivity contribution in [1.29, 1.82) is 0 Å². The number of hydrogen-bond acceptors (Lipinski definition) is 4. The maximum Gasteiger partial charge on any atom is 0.234 e. The molecule has 0 aliphatic carbocycles. The van der Waals surface area contributed by atoms with Crippen molar-refractivity contribution in [2.45, 2.75) is 51.1 Å². The smallest absolute Gasteiger partial charge is 0.234 e. The molecule has 2 aliphatic rings. The first kappa shape index (κ1) is 15.7. The Morgan fingerprint density at radius 2 is 1.90 bits per heavy atom. The Morgan fingerprint density at radius 3 is 2.60 bits per heavy atom. The molecule has 5 heteroatoms. The molecule has 2 heterocycles. The van der Waals surface area contributed by atoms with E-state index in [0.717, 1.165) is 39.0 Å². The van der Waals surface area contributed by atoms with Crippen molar-refractivity contribution in [2.24, 2.45) is 0 Å². The quantitative estimate of drug-likeness (QED) is 0.712. The number of aliphatic hydroxyl groups is 1. The summed E-state index contributed by atoms with van der Waals surface area (Å²) < 4.78 is 0. The zero-order valence-electron chi connectivity index (χ0n) is 12.7. The molecule has 2 unspecified atom stereocenters. The Hall–Kier alpha value is -0.650. The van der Waals surface area contributed by atoms with E-state index in [1.807, 2.05) is 0 Å². The van der Waals surface area contributed by atoms with Crippen LogP contribution in [0.5, 0.6) is 0 Å². The molecular formula is C15H29N3O2. The molecule has 5 nitrogen and oxygen atoms in total. The van der Waals surface area contributed by atoms with Crippen molar-refractivity contribution in [2.75, 3.05) is 39.3 Å². The number of nitrogens with one attached hydrogen (secondary N) is 1. The third kappa shape index (κ3) is 4.17. The fraction of sp³-hybridized carbons (Fsp3) is 0.933. The van der Waals surface area contributed by atoms with Crippen LogP contribution in [-0.2, 0) is 4.79 Å². The zero-order valence-corrected chi connectivity index (χ0v) is 12.7. The molecule has 2 N–H and O–H groups in total. The minimum atomic E-state index is 0.152. The van der Waals surface area contributed by atoms with E-state index < -0.39 is 0 Å². The summed E-state index contributed by atoms with van der Waals surface area (Å²) >= 11 is 0. The van der Waals surface area contributed by atoms with E-state index in [9.17, 15) is 9.90 Å².